The van der Waals surface area contributed by atoms with Gasteiger partial charge in [0.25, 0.3) is 0 Å². The van der Waals surface area contributed by atoms with Crippen LogP contribution in [0.4, 0.5) is 4.79 Å². The zero-order valence-electron chi connectivity index (χ0n) is 10.8. The van der Waals surface area contributed by atoms with Crippen LogP contribution in [-0.2, 0) is 4.74 Å². The van der Waals surface area contributed by atoms with E-state index in [-0.39, 0.29) is 24.2 Å². The highest BCUT2D eigenvalue weighted by Gasteiger charge is 2.29. The largest absolute Gasteiger partial charge is 0.450 e. The molecule has 100 valence electrons. The third-order valence-corrected chi connectivity index (χ3v) is 3.17. The monoisotopic (exact) mass is 244 g/mol. The van der Waals surface area contributed by atoms with Crippen molar-refractivity contribution in [3.05, 3.63) is 0 Å². The summed E-state index contributed by atoms with van der Waals surface area (Å²) in [4.78, 5) is 13.3. The molecule has 5 nitrogen and oxygen atoms in total. The lowest BCUT2D eigenvalue weighted by Crippen LogP contribution is -2.50. The van der Waals surface area contributed by atoms with E-state index in [2.05, 4.69) is 0 Å². The van der Waals surface area contributed by atoms with Crippen molar-refractivity contribution < 1.29 is 14.6 Å². The Hall–Kier alpha value is -0.810. The number of amides is 1. The maximum absolute atomic E-state index is 11.6. The predicted molar refractivity (Wildman–Crippen MR) is 65.6 cm³/mol. The molecule has 0 spiro atoms. The number of aliphatic hydroxyl groups is 1. The topological polar surface area (TPSA) is 75.8 Å². The van der Waals surface area contributed by atoms with Gasteiger partial charge in [0.15, 0.2) is 0 Å². The summed E-state index contributed by atoms with van der Waals surface area (Å²) in [6, 6.07) is -0.0118. The lowest BCUT2D eigenvalue weighted by atomic mass is 9.89. The van der Waals surface area contributed by atoms with E-state index in [0.717, 1.165) is 12.8 Å². The van der Waals surface area contributed by atoms with Crippen molar-refractivity contribution in [2.75, 3.05) is 19.7 Å². The number of nitrogens with two attached hydrogens (primary N) is 1. The van der Waals surface area contributed by atoms with Crippen LogP contribution in [0.5, 0.6) is 0 Å². The van der Waals surface area contributed by atoms with E-state index < -0.39 is 0 Å². The molecule has 0 radical (unpaired) electrons. The standard InChI is InChI=1S/C12H24N2O3/c1-3-11(15)6-9-5-10(13)8-14(7-9)12(16)17-4-2/h9-11,15H,3-8,13H2,1-2H3. The number of nitrogens with zero attached hydrogens (tertiary/aromatic N) is 1. The molecule has 1 saturated heterocycles. The number of carbonyl (C=O) groups excluding carboxylic acids is 1. The van der Waals surface area contributed by atoms with Crippen LogP contribution in [0.25, 0.3) is 0 Å². The molecule has 5 heteroatoms. The Balaban J connectivity index is 2.49. The normalized spacial score (nSPS) is 26.7. The van der Waals surface area contributed by atoms with Crippen molar-refractivity contribution in [3.8, 4) is 0 Å². The van der Waals surface area contributed by atoms with E-state index in [1.54, 1.807) is 11.8 Å². The molecule has 0 aromatic rings. The molecule has 0 aromatic carbocycles. The molecule has 3 unspecified atom stereocenters. The zero-order valence-corrected chi connectivity index (χ0v) is 10.8. The molecule has 0 saturated carbocycles. The second-order valence-corrected chi connectivity index (χ2v) is 4.76. The Bertz CT molecular complexity index is 248. The summed E-state index contributed by atoms with van der Waals surface area (Å²) in [5.74, 6) is 0.276. The molecule has 0 bridgehead atoms. The van der Waals surface area contributed by atoms with E-state index in [1.807, 2.05) is 6.92 Å². The van der Waals surface area contributed by atoms with Crippen molar-refractivity contribution in [1.29, 1.82) is 0 Å². The molecule has 0 aromatic heterocycles. The van der Waals surface area contributed by atoms with E-state index in [0.29, 0.717) is 26.1 Å². The van der Waals surface area contributed by atoms with Crippen LogP contribution in [0.3, 0.4) is 0 Å². The molecule has 17 heavy (non-hydrogen) atoms. The Morgan fingerprint density at radius 3 is 2.82 bits per heavy atom. The number of rotatable bonds is 4. The molecular weight excluding hydrogens is 220 g/mol. The van der Waals surface area contributed by atoms with Crippen LogP contribution >= 0.6 is 0 Å². The van der Waals surface area contributed by atoms with Crippen molar-refractivity contribution in [2.24, 2.45) is 11.7 Å². The minimum atomic E-state index is -0.297. The van der Waals surface area contributed by atoms with Crippen LogP contribution < -0.4 is 5.73 Å². The smallest absolute Gasteiger partial charge is 0.409 e. The van der Waals surface area contributed by atoms with Gasteiger partial charge in [-0.2, -0.15) is 0 Å². The first-order valence-electron chi connectivity index (χ1n) is 6.42. The molecular formula is C12H24N2O3. The van der Waals surface area contributed by atoms with Gasteiger partial charge < -0.3 is 20.5 Å². The minimum Gasteiger partial charge on any atom is -0.450 e. The fraction of sp³-hybridized carbons (Fsp3) is 0.917. The summed E-state index contributed by atoms with van der Waals surface area (Å²) >= 11 is 0. The van der Waals surface area contributed by atoms with Gasteiger partial charge in [-0.15, -0.1) is 0 Å². The number of likely N-dealkylation sites (tertiary alicyclic amines) is 1. The summed E-state index contributed by atoms with van der Waals surface area (Å²) in [7, 11) is 0. The maximum Gasteiger partial charge on any atom is 0.409 e. The fourth-order valence-corrected chi connectivity index (χ4v) is 2.33. The van der Waals surface area contributed by atoms with E-state index in [1.165, 1.54) is 0 Å². The Labute approximate surface area is 103 Å². The van der Waals surface area contributed by atoms with E-state index >= 15 is 0 Å². The molecule has 1 amide bonds. The second-order valence-electron chi connectivity index (χ2n) is 4.76. The average molecular weight is 244 g/mol. The molecule has 3 N–H and O–H groups in total. The van der Waals surface area contributed by atoms with Crippen LogP contribution in [0.2, 0.25) is 0 Å². The van der Waals surface area contributed by atoms with Crippen molar-refractivity contribution in [2.45, 2.75) is 45.3 Å². The van der Waals surface area contributed by atoms with Gasteiger partial charge in [-0.25, -0.2) is 4.79 Å². The molecule has 1 aliphatic heterocycles. The van der Waals surface area contributed by atoms with E-state index in [9.17, 15) is 9.90 Å². The average Bonchev–Trinajstić information content (AvgIpc) is 2.28. The van der Waals surface area contributed by atoms with Crippen LogP contribution in [0, 0.1) is 5.92 Å². The summed E-state index contributed by atoms with van der Waals surface area (Å²) in [6.45, 7) is 5.32. The number of hydrogen-bond acceptors (Lipinski definition) is 4. The van der Waals surface area contributed by atoms with Crippen LogP contribution in [0.1, 0.15) is 33.1 Å². The number of ether oxygens (including phenoxy) is 1. The highest BCUT2D eigenvalue weighted by molar-refractivity contribution is 5.67. The summed E-state index contributed by atoms with van der Waals surface area (Å²) in [6.07, 6.45) is 1.73. The Kier molecular flexibility index (Phi) is 5.71. The van der Waals surface area contributed by atoms with Gasteiger partial charge in [-0.3, -0.25) is 0 Å². The first-order chi connectivity index (χ1) is 8.06. The van der Waals surface area contributed by atoms with Crippen molar-refractivity contribution in [1.82, 2.24) is 4.90 Å². The van der Waals surface area contributed by atoms with Gasteiger partial charge in [0.1, 0.15) is 0 Å². The third-order valence-electron chi connectivity index (χ3n) is 3.17. The maximum atomic E-state index is 11.6. The number of hydrogen-bond donors (Lipinski definition) is 2. The van der Waals surface area contributed by atoms with Crippen LogP contribution in [-0.4, -0.2) is 47.9 Å². The molecule has 1 fully saturated rings. The molecule has 3 atom stereocenters. The predicted octanol–water partition coefficient (Wildman–Crippen LogP) is 0.953. The third kappa shape index (κ3) is 4.52. The second kappa shape index (κ2) is 6.81. The zero-order chi connectivity index (χ0) is 12.8. The Morgan fingerprint density at radius 2 is 2.24 bits per heavy atom. The van der Waals surface area contributed by atoms with Crippen molar-refractivity contribution >= 4 is 6.09 Å². The van der Waals surface area contributed by atoms with Gasteiger partial charge in [0, 0.05) is 19.1 Å². The van der Waals surface area contributed by atoms with Crippen molar-refractivity contribution in [3.63, 3.8) is 0 Å². The number of piperidine rings is 1. The van der Waals surface area contributed by atoms with E-state index in [4.69, 9.17) is 10.5 Å². The molecule has 1 rings (SSSR count). The lowest BCUT2D eigenvalue weighted by molar-refractivity contribution is 0.0658. The highest BCUT2D eigenvalue weighted by atomic mass is 16.6. The summed E-state index contributed by atoms with van der Waals surface area (Å²) in [5.41, 5.74) is 5.94. The summed E-state index contributed by atoms with van der Waals surface area (Å²) in [5, 5.41) is 9.65. The lowest BCUT2D eigenvalue weighted by Gasteiger charge is -2.36. The minimum absolute atomic E-state index is 0.0118. The van der Waals surface area contributed by atoms with Crippen LogP contribution in [0.15, 0.2) is 0 Å². The Morgan fingerprint density at radius 1 is 1.53 bits per heavy atom. The fourth-order valence-electron chi connectivity index (χ4n) is 2.33. The van der Waals surface area contributed by atoms with Gasteiger partial charge in [-0.05, 0) is 32.1 Å². The van der Waals surface area contributed by atoms with Gasteiger partial charge in [-0.1, -0.05) is 6.92 Å². The first kappa shape index (κ1) is 14.3. The van der Waals surface area contributed by atoms with Gasteiger partial charge >= 0.3 is 6.09 Å². The quantitative estimate of drug-likeness (QED) is 0.772. The summed E-state index contributed by atoms with van der Waals surface area (Å²) < 4.78 is 4.98. The molecule has 1 aliphatic rings. The molecule has 0 aliphatic carbocycles. The SMILES string of the molecule is CCOC(=O)N1CC(N)CC(CC(O)CC)C1. The van der Waals surface area contributed by atoms with Gasteiger partial charge in [0.05, 0.1) is 12.7 Å². The van der Waals surface area contributed by atoms with Gasteiger partial charge in [0.2, 0.25) is 0 Å². The molecule has 1 heterocycles. The highest BCUT2D eigenvalue weighted by Crippen LogP contribution is 2.22. The number of carbonyl (C=O) groups is 1. The first-order valence-corrected chi connectivity index (χ1v) is 6.42. The number of aliphatic hydroxyl groups excluding tert-OH is 1.